The van der Waals surface area contributed by atoms with Gasteiger partial charge < -0.3 is 10.2 Å². The summed E-state index contributed by atoms with van der Waals surface area (Å²) >= 11 is 0. The van der Waals surface area contributed by atoms with Gasteiger partial charge in [-0.2, -0.15) is 0 Å². The van der Waals surface area contributed by atoms with Gasteiger partial charge in [-0.1, -0.05) is 0 Å². The zero-order chi connectivity index (χ0) is 19.6. The molecule has 1 amide bonds. The summed E-state index contributed by atoms with van der Waals surface area (Å²) in [6, 6.07) is 4.26. The fourth-order valence-corrected chi connectivity index (χ4v) is 4.76. The number of amides is 1. The fraction of sp³-hybridized carbons (Fsp3) is 0.353. The highest BCUT2D eigenvalue weighted by molar-refractivity contribution is 7.91. The maximum atomic E-state index is 13.3. The van der Waals surface area contributed by atoms with E-state index in [1.54, 1.807) is 0 Å². The highest BCUT2D eigenvalue weighted by atomic mass is 32.2. The lowest BCUT2D eigenvalue weighted by Crippen LogP contribution is -2.37. The number of nitrogens with zero attached hydrogens (tertiary/aromatic N) is 3. The molecule has 1 fully saturated rings. The third-order valence-electron chi connectivity index (χ3n) is 4.35. The van der Waals surface area contributed by atoms with E-state index in [1.165, 1.54) is 18.5 Å². The smallest absolute Gasteiger partial charge is 0.274 e. The molecule has 27 heavy (non-hydrogen) atoms. The predicted octanol–water partition coefficient (Wildman–Crippen LogP) is 2.02. The predicted molar refractivity (Wildman–Crippen MR) is 96.4 cm³/mol. The van der Waals surface area contributed by atoms with Crippen LogP contribution < -0.4 is 10.2 Å². The molecule has 2 aromatic rings. The van der Waals surface area contributed by atoms with Gasteiger partial charge in [-0.15, -0.1) is 0 Å². The monoisotopic (exact) mass is 396 g/mol. The van der Waals surface area contributed by atoms with Gasteiger partial charge in [-0.05, 0) is 25.5 Å². The van der Waals surface area contributed by atoms with E-state index in [0.717, 1.165) is 12.1 Å². The molecule has 0 spiro atoms. The Hall–Kier alpha value is -2.62. The van der Waals surface area contributed by atoms with Crippen LogP contribution in [0.1, 0.15) is 23.8 Å². The Labute approximate surface area is 155 Å². The Morgan fingerprint density at radius 3 is 2.67 bits per heavy atom. The minimum absolute atomic E-state index is 0.0315. The van der Waals surface area contributed by atoms with Gasteiger partial charge >= 0.3 is 0 Å². The molecule has 1 saturated heterocycles. The molecule has 1 aromatic carbocycles. The molecule has 1 unspecified atom stereocenters. The van der Waals surface area contributed by atoms with Crippen molar-refractivity contribution in [1.82, 2.24) is 9.97 Å². The van der Waals surface area contributed by atoms with E-state index in [4.69, 9.17) is 0 Å². The van der Waals surface area contributed by atoms with Crippen molar-refractivity contribution in [2.24, 2.45) is 0 Å². The summed E-state index contributed by atoms with van der Waals surface area (Å²) in [4.78, 5) is 22.2. The Morgan fingerprint density at radius 2 is 2.04 bits per heavy atom. The second kappa shape index (κ2) is 7.55. The highest BCUT2D eigenvalue weighted by Gasteiger charge is 2.32. The van der Waals surface area contributed by atoms with Crippen LogP contribution in [-0.4, -0.2) is 48.4 Å². The van der Waals surface area contributed by atoms with E-state index in [-0.39, 0.29) is 28.9 Å². The first kappa shape index (κ1) is 19.2. The van der Waals surface area contributed by atoms with Gasteiger partial charge in [0.05, 0.1) is 11.5 Å². The van der Waals surface area contributed by atoms with Crippen LogP contribution >= 0.6 is 0 Å². The number of anilines is 2. The van der Waals surface area contributed by atoms with Gasteiger partial charge in [0.1, 0.15) is 17.8 Å². The summed E-state index contributed by atoms with van der Waals surface area (Å²) in [5.74, 6) is -2.09. The number of rotatable bonds is 5. The average Bonchev–Trinajstić information content (AvgIpc) is 2.98. The zero-order valence-electron chi connectivity index (χ0n) is 14.5. The molecule has 0 saturated carbocycles. The number of sulfone groups is 1. The van der Waals surface area contributed by atoms with Crippen LogP contribution in [0, 0.1) is 11.6 Å². The number of hydrogen-bond acceptors (Lipinski definition) is 6. The standard InChI is InChI=1S/C17H18F2N4O3S/c1-2-23(12-5-6-27(25,26)9-12)16-8-15(20-10-21-16)17(24)22-11-3-4-13(18)14(19)7-11/h3-4,7-8,10,12H,2,5-6,9H2,1H3,(H,22,24). The number of carbonyl (C=O) groups is 1. The van der Waals surface area contributed by atoms with E-state index in [2.05, 4.69) is 15.3 Å². The lowest BCUT2D eigenvalue weighted by molar-refractivity contribution is 0.102. The Kier molecular flexibility index (Phi) is 5.36. The summed E-state index contributed by atoms with van der Waals surface area (Å²) < 4.78 is 49.7. The molecule has 0 aliphatic carbocycles. The van der Waals surface area contributed by atoms with Crippen molar-refractivity contribution in [3.63, 3.8) is 0 Å². The number of carbonyl (C=O) groups excluding carboxylic acids is 1. The van der Waals surface area contributed by atoms with Crippen LogP contribution in [0.4, 0.5) is 20.3 Å². The van der Waals surface area contributed by atoms with Crippen molar-refractivity contribution < 1.29 is 22.0 Å². The first-order chi connectivity index (χ1) is 12.8. The van der Waals surface area contributed by atoms with Gasteiger partial charge in [0, 0.05) is 30.4 Å². The zero-order valence-corrected chi connectivity index (χ0v) is 15.3. The van der Waals surface area contributed by atoms with Gasteiger partial charge in [0.25, 0.3) is 5.91 Å². The molecule has 1 aliphatic rings. The second-order valence-corrected chi connectivity index (χ2v) is 8.42. The SMILES string of the molecule is CCN(c1cc(C(=O)Nc2ccc(F)c(F)c2)ncn1)C1CCS(=O)(=O)C1. The van der Waals surface area contributed by atoms with Crippen molar-refractivity contribution in [3.8, 4) is 0 Å². The number of aromatic nitrogens is 2. The highest BCUT2D eigenvalue weighted by Crippen LogP contribution is 2.23. The van der Waals surface area contributed by atoms with Crippen molar-refractivity contribution in [2.45, 2.75) is 19.4 Å². The molecule has 144 valence electrons. The molecule has 1 N–H and O–H groups in total. The van der Waals surface area contributed by atoms with Crippen LogP contribution in [-0.2, 0) is 9.84 Å². The molecule has 1 atom stereocenters. The molecule has 3 rings (SSSR count). The molecular weight excluding hydrogens is 378 g/mol. The normalized spacial score (nSPS) is 18.3. The molecular formula is C17H18F2N4O3S. The van der Waals surface area contributed by atoms with Crippen LogP contribution in [0.2, 0.25) is 0 Å². The van der Waals surface area contributed by atoms with Crippen molar-refractivity contribution in [2.75, 3.05) is 28.3 Å². The van der Waals surface area contributed by atoms with Crippen LogP contribution in [0.25, 0.3) is 0 Å². The van der Waals surface area contributed by atoms with Crippen LogP contribution in [0.3, 0.4) is 0 Å². The summed E-state index contributed by atoms with van der Waals surface area (Å²) in [5.41, 5.74) is 0.123. The molecule has 0 radical (unpaired) electrons. The minimum atomic E-state index is -3.06. The molecule has 7 nitrogen and oxygen atoms in total. The first-order valence-corrected chi connectivity index (χ1v) is 10.2. The van der Waals surface area contributed by atoms with Crippen molar-refractivity contribution >= 4 is 27.2 Å². The molecule has 2 heterocycles. The van der Waals surface area contributed by atoms with Gasteiger partial charge in [0.2, 0.25) is 0 Å². The van der Waals surface area contributed by atoms with E-state index in [9.17, 15) is 22.0 Å². The third kappa shape index (κ3) is 4.38. The lowest BCUT2D eigenvalue weighted by Gasteiger charge is -2.27. The molecule has 10 heteroatoms. The van der Waals surface area contributed by atoms with Crippen molar-refractivity contribution in [1.29, 1.82) is 0 Å². The molecule has 1 aliphatic heterocycles. The van der Waals surface area contributed by atoms with Crippen LogP contribution in [0.15, 0.2) is 30.6 Å². The van der Waals surface area contributed by atoms with Crippen molar-refractivity contribution in [3.05, 3.63) is 47.9 Å². The Bertz CT molecular complexity index is 968. The van der Waals surface area contributed by atoms with Crippen LogP contribution in [0.5, 0.6) is 0 Å². The summed E-state index contributed by atoms with van der Waals surface area (Å²) in [5, 5.41) is 2.44. The summed E-state index contributed by atoms with van der Waals surface area (Å²) in [6.45, 7) is 2.38. The largest absolute Gasteiger partial charge is 0.353 e. The topological polar surface area (TPSA) is 92.3 Å². The number of benzene rings is 1. The van der Waals surface area contributed by atoms with Gasteiger partial charge in [-0.3, -0.25) is 4.79 Å². The Morgan fingerprint density at radius 1 is 1.26 bits per heavy atom. The second-order valence-electron chi connectivity index (χ2n) is 6.19. The first-order valence-electron chi connectivity index (χ1n) is 8.34. The minimum Gasteiger partial charge on any atom is -0.353 e. The number of hydrogen-bond donors (Lipinski definition) is 1. The van der Waals surface area contributed by atoms with Gasteiger partial charge in [-0.25, -0.2) is 27.2 Å². The van der Waals surface area contributed by atoms with E-state index in [1.807, 2.05) is 11.8 Å². The molecule has 0 bridgehead atoms. The number of nitrogens with one attached hydrogen (secondary N) is 1. The van der Waals surface area contributed by atoms with E-state index >= 15 is 0 Å². The fourth-order valence-electron chi connectivity index (χ4n) is 3.03. The average molecular weight is 396 g/mol. The van der Waals surface area contributed by atoms with Gasteiger partial charge in [0.15, 0.2) is 21.5 Å². The molecule has 1 aromatic heterocycles. The third-order valence-corrected chi connectivity index (χ3v) is 6.10. The quantitative estimate of drug-likeness (QED) is 0.831. The maximum Gasteiger partial charge on any atom is 0.274 e. The van der Waals surface area contributed by atoms with E-state index < -0.39 is 27.4 Å². The summed E-state index contributed by atoms with van der Waals surface area (Å²) in [7, 11) is -3.06. The number of halogens is 2. The van der Waals surface area contributed by atoms with E-state index in [0.29, 0.717) is 18.8 Å². The Balaban J connectivity index is 1.79. The summed E-state index contributed by atoms with van der Waals surface area (Å²) in [6.07, 6.45) is 1.71. The lowest BCUT2D eigenvalue weighted by atomic mass is 10.2. The maximum absolute atomic E-state index is 13.3.